The second kappa shape index (κ2) is 8.56. The lowest BCUT2D eigenvalue weighted by Crippen LogP contribution is -2.55. The number of carbonyl (C=O) groups is 1. The quantitative estimate of drug-likeness (QED) is 0.852. The molecule has 2 aliphatic heterocycles. The Balaban J connectivity index is 0.00000110. The van der Waals surface area contributed by atoms with E-state index in [9.17, 15) is 4.79 Å². The first-order valence-corrected chi connectivity index (χ1v) is 7.99. The number of amides is 1. The highest BCUT2D eigenvalue weighted by Crippen LogP contribution is 2.25. The van der Waals surface area contributed by atoms with Crippen molar-refractivity contribution >= 4 is 30.7 Å². The van der Waals surface area contributed by atoms with Crippen LogP contribution in [0.15, 0.2) is 0 Å². The van der Waals surface area contributed by atoms with Gasteiger partial charge in [-0.1, -0.05) is 19.8 Å². The largest absolute Gasteiger partial charge is 0.340 e. The Morgan fingerprint density at radius 2 is 1.62 bits per heavy atom. The van der Waals surface area contributed by atoms with Gasteiger partial charge >= 0.3 is 0 Å². The number of piperazine rings is 1. The first-order valence-electron chi connectivity index (χ1n) is 7.99. The minimum Gasteiger partial charge on any atom is -0.340 e. The number of hydrogen-bond donors (Lipinski definition) is 1. The lowest BCUT2D eigenvalue weighted by atomic mass is 9.88. The molecule has 0 aromatic rings. The molecule has 0 aromatic heterocycles. The van der Waals surface area contributed by atoms with Gasteiger partial charge in [0.2, 0.25) is 5.91 Å². The summed E-state index contributed by atoms with van der Waals surface area (Å²) in [6.45, 7) is 8.22. The highest BCUT2D eigenvalue weighted by Gasteiger charge is 2.34. The highest BCUT2D eigenvalue weighted by molar-refractivity contribution is 5.85. The number of nitrogens with zero attached hydrogens (tertiary/aromatic N) is 2. The molecule has 3 fully saturated rings. The predicted molar refractivity (Wildman–Crippen MR) is 90.4 cm³/mol. The summed E-state index contributed by atoms with van der Waals surface area (Å²) in [6, 6.07) is 0.811. The average Bonchev–Trinajstić information content (AvgIpc) is 2.90. The zero-order valence-electron chi connectivity index (χ0n) is 12.9. The van der Waals surface area contributed by atoms with Gasteiger partial charge in [0, 0.05) is 38.1 Å². The van der Waals surface area contributed by atoms with E-state index in [1.807, 2.05) is 0 Å². The SMILES string of the molecule is CC(C(=O)N1CCN(C2CCCC2)CC1)C1CNC1.Cl.Cl. The van der Waals surface area contributed by atoms with Crippen LogP contribution in [-0.4, -0.2) is 61.0 Å². The van der Waals surface area contributed by atoms with Crippen molar-refractivity contribution < 1.29 is 4.79 Å². The molecule has 0 bridgehead atoms. The van der Waals surface area contributed by atoms with E-state index in [2.05, 4.69) is 22.0 Å². The lowest BCUT2D eigenvalue weighted by Gasteiger charge is -2.41. The molecule has 0 spiro atoms. The fraction of sp³-hybridized carbons (Fsp3) is 0.933. The summed E-state index contributed by atoms with van der Waals surface area (Å²) in [5.41, 5.74) is 0. The second-order valence-electron chi connectivity index (χ2n) is 6.51. The van der Waals surface area contributed by atoms with Gasteiger partial charge in [0.1, 0.15) is 0 Å². The molecule has 3 rings (SSSR count). The first-order chi connectivity index (χ1) is 9.25. The van der Waals surface area contributed by atoms with Crippen LogP contribution in [0.1, 0.15) is 32.6 Å². The summed E-state index contributed by atoms with van der Waals surface area (Å²) in [5, 5.41) is 3.27. The third-order valence-corrected chi connectivity index (χ3v) is 5.38. The molecular weight excluding hydrogens is 309 g/mol. The Morgan fingerprint density at radius 1 is 1.05 bits per heavy atom. The summed E-state index contributed by atoms with van der Waals surface area (Å²) < 4.78 is 0. The van der Waals surface area contributed by atoms with E-state index in [1.165, 1.54) is 25.7 Å². The number of hydrogen-bond acceptors (Lipinski definition) is 3. The molecule has 0 aromatic carbocycles. The maximum atomic E-state index is 12.4. The van der Waals surface area contributed by atoms with E-state index in [0.29, 0.717) is 11.8 Å². The van der Waals surface area contributed by atoms with E-state index in [1.54, 1.807) is 0 Å². The van der Waals surface area contributed by atoms with E-state index in [0.717, 1.165) is 45.3 Å². The Hall–Kier alpha value is -0.0300. The molecule has 21 heavy (non-hydrogen) atoms. The van der Waals surface area contributed by atoms with Crippen LogP contribution in [0.5, 0.6) is 0 Å². The van der Waals surface area contributed by atoms with Crippen LogP contribution in [0.3, 0.4) is 0 Å². The van der Waals surface area contributed by atoms with E-state index >= 15 is 0 Å². The normalized spacial score (nSPS) is 25.7. The predicted octanol–water partition coefficient (Wildman–Crippen LogP) is 1.77. The number of halogens is 2. The van der Waals surface area contributed by atoms with Gasteiger partial charge in [-0.25, -0.2) is 0 Å². The molecule has 1 N–H and O–H groups in total. The average molecular weight is 338 g/mol. The Kier molecular flexibility index (Phi) is 7.75. The van der Waals surface area contributed by atoms with Crippen LogP contribution in [0, 0.1) is 11.8 Å². The summed E-state index contributed by atoms with van der Waals surface area (Å²) in [7, 11) is 0. The van der Waals surface area contributed by atoms with Crippen LogP contribution in [0.2, 0.25) is 0 Å². The fourth-order valence-electron chi connectivity index (χ4n) is 3.73. The third-order valence-electron chi connectivity index (χ3n) is 5.38. The molecule has 6 heteroatoms. The van der Waals surface area contributed by atoms with Gasteiger partial charge in [0.15, 0.2) is 0 Å². The lowest BCUT2D eigenvalue weighted by molar-refractivity contribution is -0.139. The van der Waals surface area contributed by atoms with Gasteiger partial charge < -0.3 is 10.2 Å². The molecule has 1 atom stereocenters. The van der Waals surface area contributed by atoms with Crippen LogP contribution >= 0.6 is 24.8 Å². The molecule has 1 aliphatic carbocycles. The molecular formula is C15H29Cl2N3O. The number of rotatable bonds is 3. The molecule has 2 heterocycles. The van der Waals surface area contributed by atoms with Crippen LogP contribution in [-0.2, 0) is 4.79 Å². The molecule has 0 radical (unpaired) electrons. The van der Waals surface area contributed by atoms with Crippen LogP contribution in [0.4, 0.5) is 0 Å². The monoisotopic (exact) mass is 337 g/mol. The molecule has 1 saturated carbocycles. The summed E-state index contributed by atoms with van der Waals surface area (Å²) in [4.78, 5) is 17.2. The van der Waals surface area contributed by atoms with Gasteiger partial charge in [-0.2, -0.15) is 0 Å². The Labute approximate surface area is 140 Å². The topological polar surface area (TPSA) is 35.6 Å². The van der Waals surface area contributed by atoms with Crippen LogP contribution < -0.4 is 5.32 Å². The van der Waals surface area contributed by atoms with E-state index < -0.39 is 0 Å². The standard InChI is InChI=1S/C15H27N3O.2ClH/c1-12(13-10-16-11-13)15(19)18-8-6-17(7-9-18)14-4-2-3-5-14;;/h12-14,16H,2-11H2,1H3;2*1H. The van der Waals surface area contributed by atoms with Crippen molar-refractivity contribution in [2.45, 2.75) is 38.6 Å². The highest BCUT2D eigenvalue weighted by atomic mass is 35.5. The van der Waals surface area contributed by atoms with Gasteiger partial charge in [-0.05, 0) is 31.8 Å². The van der Waals surface area contributed by atoms with Crippen molar-refractivity contribution in [2.75, 3.05) is 39.3 Å². The van der Waals surface area contributed by atoms with Gasteiger partial charge in [-0.15, -0.1) is 24.8 Å². The first kappa shape index (κ1) is 19.0. The second-order valence-corrected chi connectivity index (χ2v) is 6.51. The number of nitrogens with one attached hydrogen (secondary N) is 1. The summed E-state index contributed by atoms with van der Waals surface area (Å²) in [6.07, 6.45) is 5.54. The third kappa shape index (κ3) is 4.25. The van der Waals surface area contributed by atoms with Crippen molar-refractivity contribution in [2.24, 2.45) is 11.8 Å². The maximum Gasteiger partial charge on any atom is 0.225 e. The smallest absolute Gasteiger partial charge is 0.225 e. The minimum atomic E-state index is 0. The van der Waals surface area contributed by atoms with Crippen molar-refractivity contribution in [3.05, 3.63) is 0 Å². The zero-order chi connectivity index (χ0) is 13.2. The van der Waals surface area contributed by atoms with Crippen LogP contribution in [0.25, 0.3) is 0 Å². The van der Waals surface area contributed by atoms with Crippen molar-refractivity contribution in [1.29, 1.82) is 0 Å². The molecule has 1 unspecified atom stereocenters. The molecule has 3 aliphatic rings. The molecule has 2 saturated heterocycles. The van der Waals surface area contributed by atoms with Gasteiger partial charge in [0.25, 0.3) is 0 Å². The van der Waals surface area contributed by atoms with E-state index in [4.69, 9.17) is 0 Å². The molecule has 1 amide bonds. The number of carbonyl (C=O) groups excluding carboxylic acids is 1. The van der Waals surface area contributed by atoms with E-state index in [-0.39, 0.29) is 30.7 Å². The van der Waals surface area contributed by atoms with Gasteiger partial charge in [0.05, 0.1) is 0 Å². The fourth-order valence-corrected chi connectivity index (χ4v) is 3.73. The van der Waals surface area contributed by atoms with Crippen molar-refractivity contribution in [3.8, 4) is 0 Å². The van der Waals surface area contributed by atoms with Crippen molar-refractivity contribution in [1.82, 2.24) is 15.1 Å². The Bertz CT molecular complexity index is 325. The van der Waals surface area contributed by atoms with Gasteiger partial charge in [-0.3, -0.25) is 9.69 Å². The summed E-state index contributed by atoms with van der Waals surface area (Å²) in [5.74, 6) is 1.16. The zero-order valence-corrected chi connectivity index (χ0v) is 14.6. The van der Waals surface area contributed by atoms with Crippen molar-refractivity contribution in [3.63, 3.8) is 0 Å². The molecule has 124 valence electrons. The summed E-state index contributed by atoms with van der Waals surface area (Å²) >= 11 is 0. The minimum absolute atomic E-state index is 0. The Morgan fingerprint density at radius 3 is 2.10 bits per heavy atom. The maximum absolute atomic E-state index is 12.4. The molecule has 4 nitrogen and oxygen atoms in total.